The van der Waals surface area contributed by atoms with Crippen molar-refractivity contribution in [3.8, 4) is 5.75 Å². The highest BCUT2D eigenvalue weighted by atomic mass is 16.3. The minimum absolute atomic E-state index is 0.187. The van der Waals surface area contributed by atoms with Crippen LogP contribution in [0.1, 0.15) is 16.1 Å². The molecule has 2 heterocycles. The zero-order chi connectivity index (χ0) is 16.7. The molecule has 118 valence electrons. The predicted molar refractivity (Wildman–Crippen MR) is 93.5 cm³/mol. The number of aromatic nitrogens is 2. The molecule has 0 radical (unpaired) electrons. The van der Waals surface area contributed by atoms with E-state index in [2.05, 4.69) is 10.3 Å². The maximum atomic E-state index is 12.5. The van der Waals surface area contributed by atoms with Gasteiger partial charge in [0.2, 0.25) is 0 Å². The summed E-state index contributed by atoms with van der Waals surface area (Å²) in [6.07, 6.45) is 3.58. The molecule has 2 aromatic heterocycles. The summed E-state index contributed by atoms with van der Waals surface area (Å²) in [6, 6.07) is 14.5. The molecule has 1 amide bonds. The van der Waals surface area contributed by atoms with Crippen molar-refractivity contribution in [2.75, 3.05) is 5.32 Å². The summed E-state index contributed by atoms with van der Waals surface area (Å²) in [5.41, 5.74) is 2.81. The number of benzene rings is 2. The van der Waals surface area contributed by atoms with Crippen LogP contribution >= 0.6 is 0 Å². The fraction of sp³-hybridized carbons (Fsp3) is 0.0526. The van der Waals surface area contributed by atoms with Crippen LogP contribution in [0.25, 0.3) is 16.4 Å². The number of imidazole rings is 1. The highest BCUT2D eigenvalue weighted by molar-refractivity contribution is 6.09. The molecule has 0 bridgehead atoms. The molecule has 0 aliphatic heterocycles. The molecule has 24 heavy (non-hydrogen) atoms. The Kier molecular flexibility index (Phi) is 3.20. The zero-order valence-corrected chi connectivity index (χ0v) is 13.0. The maximum absolute atomic E-state index is 12.5. The molecule has 5 heteroatoms. The van der Waals surface area contributed by atoms with E-state index >= 15 is 0 Å². The molecule has 0 spiro atoms. The van der Waals surface area contributed by atoms with E-state index in [4.69, 9.17) is 0 Å². The SMILES string of the molecule is Cc1ccn2cc(C(=O)Nc3cccc4c(O)cccc34)nc2c1. The molecule has 0 aliphatic carbocycles. The van der Waals surface area contributed by atoms with Crippen molar-refractivity contribution < 1.29 is 9.90 Å². The van der Waals surface area contributed by atoms with Crippen molar-refractivity contribution in [3.05, 3.63) is 72.2 Å². The summed E-state index contributed by atoms with van der Waals surface area (Å²) < 4.78 is 1.82. The summed E-state index contributed by atoms with van der Waals surface area (Å²) >= 11 is 0. The molecule has 2 N–H and O–H groups in total. The van der Waals surface area contributed by atoms with Gasteiger partial charge >= 0.3 is 0 Å². The number of hydrogen-bond acceptors (Lipinski definition) is 3. The number of carbonyl (C=O) groups is 1. The van der Waals surface area contributed by atoms with Crippen molar-refractivity contribution in [1.82, 2.24) is 9.38 Å². The van der Waals surface area contributed by atoms with Gasteiger partial charge in [-0.2, -0.15) is 0 Å². The lowest BCUT2D eigenvalue weighted by Gasteiger charge is -2.08. The van der Waals surface area contributed by atoms with E-state index in [0.717, 1.165) is 16.6 Å². The first-order valence-electron chi connectivity index (χ1n) is 7.59. The number of anilines is 1. The first kappa shape index (κ1) is 14.3. The van der Waals surface area contributed by atoms with Gasteiger partial charge in [-0.3, -0.25) is 4.79 Å². The molecule has 2 aromatic carbocycles. The number of carbonyl (C=O) groups excluding carboxylic acids is 1. The van der Waals surface area contributed by atoms with E-state index in [1.54, 1.807) is 30.5 Å². The minimum Gasteiger partial charge on any atom is -0.507 e. The molecule has 4 rings (SSSR count). The smallest absolute Gasteiger partial charge is 0.275 e. The van der Waals surface area contributed by atoms with Gasteiger partial charge < -0.3 is 14.8 Å². The Morgan fingerprint density at radius 1 is 1.12 bits per heavy atom. The van der Waals surface area contributed by atoms with Gasteiger partial charge in [-0.05, 0) is 36.8 Å². The Hall–Kier alpha value is -3.34. The van der Waals surface area contributed by atoms with Crippen molar-refractivity contribution in [1.29, 1.82) is 0 Å². The zero-order valence-electron chi connectivity index (χ0n) is 13.0. The normalized spacial score (nSPS) is 11.0. The van der Waals surface area contributed by atoms with Crippen LogP contribution in [-0.4, -0.2) is 20.4 Å². The lowest BCUT2D eigenvalue weighted by molar-refractivity contribution is 0.102. The number of hydrogen-bond donors (Lipinski definition) is 2. The Labute approximate surface area is 138 Å². The molecule has 0 unspecified atom stereocenters. The van der Waals surface area contributed by atoms with Gasteiger partial charge in [0, 0.05) is 28.9 Å². The molecule has 0 fully saturated rings. The standard InChI is InChI=1S/C19H15N3O2/c1-12-8-9-22-11-16(20-18(22)10-12)19(24)21-15-6-2-5-14-13(15)4-3-7-17(14)23/h2-11,23H,1H3,(H,21,24). The van der Waals surface area contributed by atoms with Crippen molar-refractivity contribution in [2.24, 2.45) is 0 Å². The number of aryl methyl sites for hydroxylation is 1. The van der Waals surface area contributed by atoms with Crippen LogP contribution in [0.2, 0.25) is 0 Å². The number of rotatable bonds is 2. The maximum Gasteiger partial charge on any atom is 0.275 e. The molecule has 0 saturated carbocycles. The van der Waals surface area contributed by atoms with Gasteiger partial charge in [-0.25, -0.2) is 4.98 Å². The molecular weight excluding hydrogens is 302 g/mol. The number of amides is 1. The number of aromatic hydroxyl groups is 1. The van der Waals surface area contributed by atoms with Gasteiger partial charge in [0.1, 0.15) is 17.1 Å². The Bertz CT molecular complexity index is 1080. The average molecular weight is 317 g/mol. The Balaban J connectivity index is 1.72. The van der Waals surface area contributed by atoms with Crippen LogP contribution < -0.4 is 5.32 Å². The molecular formula is C19H15N3O2. The summed E-state index contributed by atoms with van der Waals surface area (Å²) in [7, 11) is 0. The molecule has 0 saturated heterocycles. The largest absolute Gasteiger partial charge is 0.507 e. The number of nitrogens with one attached hydrogen (secondary N) is 1. The average Bonchev–Trinajstić information content (AvgIpc) is 2.99. The van der Waals surface area contributed by atoms with Crippen LogP contribution in [0.4, 0.5) is 5.69 Å². The van der Waals surface area contributed by atoms with Crippen molar-refractivity contribution in [2.45, 2.75) is 6.92 Å². The number of fused-ring (bicyclic) bond motifs is 2. The Morgan fingerprint density at radius 3 is 2.79 bits per heavy atom. The highest BCUT2D eigenvalue weighted by Gasteiger charge is 2.13. The third kappa shape index (κ3) is 2.36. The molecule has 0 atom stereocenters. The van der Waals surface area contributed by atoms with E-state index in [1.807, 2.05) is 41.8 Å². The summed E-state index contributed by atoms with van der Waals surface area (Å²) in [5, 5.41) is 14.3. The van der Waals surface area contributed by atoms with E-state index in [1.165, 1.54) is 0 Å². The minimum atomic E-state index is -0.285. The summed E-state index contributed by atoms with van der Waals surface area (Å²) in [6.45, 7) is 1.98. The van der Waals surface area contributed by atoms with Gasteiger partial charge in [-0.15, -0.1) is 0 Å². The first-order chi connectivity index (χ1) is 11.6. The van der Waals surface area contributed by atoms with Gasteiger partial charge in [0.05, 0.1) is 0 Å². The summed E-state index contributed by atoms with van der Waals surface area (Å²) in [4.78, 5) is 16.9. The third-order valence-corrected chi connectivity index (χ3v) is 4.00. The van der Waals surface area contributed by atoms with E-state index in [0.29, 0.717) is 16.8 Å². The second-order valence-electron chi connectivity index (χ2n) is 5.73. The Morgan fingerprint density at radius 2 is 1.92 bits per heavy atom. The van der Waals surface area contributed by atoms with Crippen LogP contribution in [0.5, 0.6) is 5.75 Å². The van der Waals surface area contributed by atoms with Gasteiger partial charge in [0.25, 0.3) is 5.91 Å². The molecule has 0 aliphatic rings. The highest BCUT2D eigenvalue weighted by Crippen LogP contribution is 2.30. The van der Waals surface area contributed by atoms with Gasteiger partial charge in [0.15, 0.2) is 0 Å². The number of phenolic OH excluding ortho intramolecular Hbond substituents is 1. The monoisotopic (exact) mass is 317 g/mol. The lowest BCUT2D eigenvalue weighted by Crippen LogP contribution is -2.12. The second kappa shape index (κ2) is 5.38. The van der Waals surface area contributed by atoms with E-state index in [-0.39, 0.29) is 11.7 Å². The van der Waals surface area contributed by atoms with Crippen LogP contribution in [-0.2, 0) is 0 Å². The van der Waals surface area contributed by atoms with Crippen LogP contribution in [0.3, 0.4) is 0 Å². The molecule has 5 nitrogen and oxygen atoms in total. The number of pyridine rings is 1. The van der Waals surface area contributed by atoms with Gasteiger partial charge in [-0.1, -0.05) is 24.3 Å². The number of phenols is 1. The quantitative estimate of drug-likeness (QED) is 0.591. The number of nitrogens with zero attached hydrogens (tertiary/aromatic N) is 2. The van der Waals surface area contributed by atoms with Crippen molar-refractivity contribution in [3.63, 3.8) is 0 Å². The van der Waals surface area contributed by atoms with Crippen LogP contribution in [0.15, 0.2) is 60.9 Å². The van der Waals surface area contributed by atoms with Crippen molar-refractivity contribution >= 4 is 28.0 Å². The fourth-order valence-electron chi connectivity index (χ4n) is 2.78. The fourth-order valence-corrected chi connectivity index (χ4v) is 2.78. The van der Waals surface area contributed by atoms with Crippen LogP contribution in [0, 0.1) is 6.92 Å². The second-order valence-corrected chi connectivity index (χ2v) is 5.73. The lowest BCUT2D eigenvalue weighted by atomic mass is 10.1. The van der Waals surface area contributed by atoms with E-state index in [9.17, 15) is 9.90 Å². The third-order valence-electron chi connectivity index (χ3n) is 4.00. The molecule has 4 aromatic rings. The predicted octanol–water partition coefficient (Wildman–Crippen LogP) is 3.75. The topological polar surface area (TPSA) is 66.6 Å². The first-order valence-corrected chi connectivity index (χ1v) is 7.59. The van der Waals surface area contributed by atoms with E-state index < -0.39 is 0 Å². The summed E-state index contributed by atoms with van der Waals surface area (Å²) in [5.74, 6) is -0.0981.